The first-order chi connectivity index (χ1) is 10.0. The maximum absolute atomic E-state index is 12.2. The van der Waals surface area contributed by atoms with Gasteiger partial charge in [0.2, 0.25) is 5.91 Å². The lowest BCUT2D eigenvalue weighted by atomic mass is 10.2. The molecule has 108 valence electrons. The number of carbonyl (C=O) groups is 1. The highest BCUT2D eigenvalue weighted by molar-refractivity contribution is 14.1. The summed E-state index contributed by atoms with van der Waals surface area (Å²) in [5.74, 6) is 1.03. The molecule has 2 unspecified atom stereocenters. The van der Waals surface area contributed by atoms with Crippen molar-refractivity contribution >= 4 is 45.9 Å². The van der Waals surface area contributed by atoms with E-state index in [9.17, 15) is 4.79 Å². The molecule has 1 fully saturated rings. The van der Waals surface area contributed by atoms with Crippen LogP contribution >= 0.6 is 34.2 Å². The number of aromatic nitrogens is 4. The van der Waals surface area contributed by atoms with E-state index in [2.05, 4.69) is 25.3 Å². The molecule has 1 amide bonds. The summed E-state index contributed by atoms with van der Waals surface area (Å²) in [6.45, 7) is 1.91. The molecule has 1 aliphatic rings. The molecule has 0 bridgehead atoms. The van der Waals surface area contributed by atoms with Crippen LogP contribution in [0.2, 0.25) is 5.15 Å². The zero-order chi connectivity index (χ0) is 15.0. The molecule has 0 saturated heterocycles. The molecule has 6 nitrogen and oxygen atoms in total. The second-order valence-electron chi connectivity index (χ2n) is 4.84. The number of hydrogen-bond donors (Lipinski definition) is 1. The van der Waals surface area contributed by atoms with Gasteiger partial charge in [-0.15, -0.1) is 0 Å². The fourth-order valence-corrected chi connectivity index (χ4v) is 2.94. The topological polar surface area (TPSA) is 80.7 Å². The molecule has 3 rings (SSSR count). The Kier molecular flexibility index (Phi) is 4.03. The summed E-state index contributed by atoms with van der Waals surface area (Å²) in [6.07, 6.45) is 2.47. The lowest BCUT2D eigenvalue weighted by molar-refractivity contribution is -0.117. The first kappa shape index (κ1) is 14.6. The number of amides is 1. The maximum atomic E-state index is 12.2. The highest BCUT2D eigenvalue weighted by atomic mass is 127. The second-order valence-corrected chi connectivity index (χ2v) is 6.19. The summed E-state index contributed by atoms with van der Waals surface area (Å²) in [6, 6.07) is 3.37. The monoisotopic (exact) mass is 415 g/mol. The van der Waals surface area contributed by atoms with E-state index in [0.717, 1.165) is 17.9 Å². The maximum Gasteiger partial charge on any atom is 0.229 e. The second kappa shape index (κ2) is 5.80. The fourth-order valence-electron chi connectivity index (χ4n) is 2.09. The fraction of sp³-hybridized carbons (Fsp3) is 0.308. The van der Waals surface area contributed by atoms with Gasteiger partial charge in [-0.25, -0.2) is 19.9 Å². The van der Waals surface area contributed by atoms with E-state index in [1.54, 1.807) is 6.20 Å². The minimum absolute atomic E-state index is 0.0845. The van der Waals surface area contributed by atoms with Crippen LogP contribution in [0.3, 0.4) is 0 Å². The van der Waals surface area contributed by atoms with Crippen LogP contribution in [0.5, 0.6) is 0 Å². The van der Waals surface area contributed by atoms with E-state index in [1.807, 2.05) is 35.6 Å². The SMILES string of the molecule is Cc1ccnc(C2CC2C(=O)Nc2cc(Cl)nc(I)n2)n1. The van der Waals surface area contributed by atoms with Crippen molar-refractivity contribution in [1.29, 1.82) is 0 Å². The predicted molar refractivity (Wildman–Crippen MR) is 86.0 cm³/mol. The quantitative estimate of drug-likeness (QED) is 0.473. The van der Waals surface area contributed by atoms with E-state index in [4.69, 9.17) is 11.6 Å². The van der Waals surface area contributed by atoms with Crippen molar-refractivity contribution in [3.63, 3.8) is 0 Å². The molecule has 1 aliphatic carbocycles. The van der Waals surface area contributed by atoms with Crippen LogP contribution in [0.4, 0.5) is 5.82 Å². The highest BCUT2D eigenvalue weighted by Crippen LogP contribution is 2.46. The smallest absolute Gasteiger partial charge is 0.229 e. The summed E-state index contributed by atoms with van der Waals surface area (Å²) < 4.78 is 0.491. The minimum Gasteiger partial charge on any atom is -0.310 e. The molecule has 1 N–H and O–H groups in total. The van der Waals surface area contributed by atoms with Gasteiger partial charge in [0.05, 0.1) is 0 Å². The molecule has 0 radical (unpaired) electrons. The molecule has 1 saturated carbocycles. The number of carbonyl (C=O) groups excluding carboxylic acids is 1. The van der Waals surface area contributed by atoms with Gasteiger partial charge < -0.3 is 5.32 Å². The van der Waals surface area contributed by atoms with E-state index in [0.29, 0.717) is 14.8 Å². The van der Waals surface area contributed by atoms with Crippen molar-refractivity contribution in [2.24, 2.45) is 5.92 Å². The van der Waals surface area contributed by atoms with Crippen LogP contribution in [0, 0.1) is 16.7 Å². The van der Waals surface area contributed by atoms with Gasteiger partial charge in [0.1, 0.15) is 16.8 Å². The van der Waals surface area contributed by atoms with E-state index in [1.165, 1.54) is 6.07 Å². The van der Waals surface area contributed by atoms with Gasteiger partial charge in [0, 0.05) is 52.4 Å². The molecule has 0 aromatic carbocycles. The Balaban J connectivity index is 1.68. The Morgan fingerprint density at radius 3 is 2.95 bits per heavy atom. The molecule has 2 atom stereocenters. The summed E-state index contributed by atoms with van der Waals surface area (Å²) >= 11 is 7.79. The number of nitrogens with one attached hydrogen (secondary N) is 1. The number of rotatable bonds is 3. The van der Waals surface area contributed by atoms with Crippen LogP contribution < -0.4 is 5.32 Å². The summed E-state index contributed by atoms with van der Waals surface area (Å²) in [5, 5.41) is 3.07. The first-order valence-corrected chi connectivity index (χ1v) is 7.79. The largest absolute Gasteiger partial charge is 0.310 e. The normalized spacial score (nSPS) is 20.1. The van der Waals surface area contributed by atoms with Crippen molar-refractivity contribution in [3.05, 3.63) is 38.8 Å². The molecular weight excluding hydrogens is 405 g/mol. The summed E-state index contributed by atoms with van der Waals surface area (Å²) in [4.78, 5) is 28.9. The van der Waals surface area contributed by atoms with Crippen LogP contribution in [-0.2, 0) is 4.79 Å². The summed E-state index contributed by atoms with van der Waals surface area (Å²) in [5.41, 5.74) is 0.906. The van der Waals surface area contributed by atoms with Gasteiger partial charge in [-0.1, -0.05) is 11.6 Å². The molecule has 2 aromatic rings. The van der Waals surface area contributed by atoms with Crippen LogP contribution in [-0.4, -0.2) is 25.8 Å². The molecular formula is C13H11ClIN5O. The lowest BCUT2D eigenvalue weighted by Crippen LogP contribution is -2.16. The standard InChI is InChI=1S/C13H11ClIN5O/c1-6-2-3-16-11(17-6)7-4-8(7)12(21)19-10-5-9(14)18-13(15)20-10/h2-3,5,7-8H,4H2,1H3,(H,18,19,20,21). The van der Waals surface area contributed by atoms with Gasteiger partial charge >= 0.3 is 0 Å². The zero-order valence-corrected chi connectivity index (χ0v) is 14.0. The molecule has 21 heavy (non-hydrogen) atoms. The third-order valence-electron chi connectivity index (χ3n) is 3.19. The van der Waals surface area contributed by atoms with E-state index in [-0.39, 0.29) is 17.7 Å². The van der Waals surface area contributed by atoms with Gasteiger partial charge in [-0.3, -0.25) is 4.79 Å². The highest BCUT2D eigenvalue weighted by Gasteiger charge is 2.46. The molecule has 8 heteroatoms. The Labute approximate surface area is 139 Å². The van der Waals surface area contributed by atoms with Gasteiger partial charge in [-0.05, 0) is 19.4 Å². The average molecular weight is 416 g/mol. The minimum atomic E-state index is -0.113. The molecule has 0 aliphatic heterocycles. The van der Waals surface area contributed by atoms with E-state index >= 15 is 0 Å². The van der Waals surface area contributed by atoms with Crippen LogP contribution in [0.15, 0.2) is 18.3 Å². The zero-order valence-electron chi connectivity index (χ0n) is 11.0. The van der Waals surface area contributed by atoms with Gasteiger partial charge in [0.25, 0.3) is 0 Å². The van der Waals surface area contributed by atoms with Crippen molar-refractivity contribution in [2.75, 3.05) is 5.32 Å². The first-order valence-electron chi connectivity index (χ1n) is 6.33. The van der Waals surface area contributed by atoms with Gasteiger partial charge in [-0.2, -0.15) is 0 Å². The average Bonchev–Trinajstić information content (AvgIpc) is 3.17. The molecule has 2 heterocycles. The van der Waals surface area contributed by atoms with E-state index < -0.39 is 0 Å². The lowest BCUT2D eigenvalue weighted by Gasteiger charge is -2.04. The van der Waals surface area contributed by atoms with Crippen molar-refractivity contribution in [3.8, 4) is 0 Å². The Hall–Kier alpha value is -1.35. The number of anilines is 1. The number of halogens is 2. The van der Waals surface area contributed by atoms with Crippen molar-refractivity contribution in [1.82, 2.24) is 19.9 Å². The molecule has 0 spiro atoms. The third kappa shape index (κ3) is 3.46. The number of nitrogens with zero attached hydrogens (tertiary/aromatic N) is 4. The Morgan fingerprint density at radius 2 is 2.24 bits per heavy atom. The van der Waals surface area contributed by atoms with Crippen LogP contribution in [0.1, 0.15) is 23.9 Å². The molecule has 2 aromatic heterocycles. The number of aryl methyl sites for hydroxylation is 1. The Morgan fingerprint density at radius 1 is 1.43 bits per heavy atom. The summed E-state index contributed by atoms with van der Waals surface area (Å²) in [7, 11) is 0. The predicted octanol–water partition coefficient (Wildman–Crippen LogP) is 2.58. The van der Waals surface area contributed by atoms with Gasteiger partial charge in [0.15, 0.2) is 3.83 Å². The third-order valence-corrected chi connectivity index (χ3v) is 3.87. The van der Waals surface area contributed by atoms with Crippen molar-refractivity contribution < 1.29 is 4.79 Å². The van der Waals surface area contributed by atoms with Crippen LogP contribution in [0.25, 0.3) is 0 Å². The van der Waals surface area contributed by atoms with Crippen molar-refractivity contribution in [2.45, 2.75) is 19.3 Å². The number of hydrogen-bond acceptors (Lipinski definition) is 5. The Bertz CT molecular complexity index is 690.